The topological polar surface area (TPSA) is 60.7 Å². The van der Waals surface area contributed by atoms with Crippen LogP contribution in [0.25, 0.3) is 0 Å². The molecule has 0 heterocycles. The molecule has 0 saturated heterocycles. The molecular formula is C34H30O3. The van der Waals surface area contributed by atoms with Gasteiger partial charge < -0.3 is 15.3 Å². The van der Waals surface area contributed by atoms with Crippen molar-refractivity contribution in [3.05, 3.63) is 161 Å². The Morgan fingerprint density at radius 1 is 0.351 bits per heavy atom. The molecule has 5 rings (SSSR count). The van der Waals surface area contributed by atoms with Crippen molar-refractivity contribution >= 4 is 0 Å². The van der Waals surface area contributed by atoms with Crippen LogP contribution >= 0.6 is 0 Å². The van der Waals surface area contributed by atoms with Crippen LogP contribution in [0.4, 0.5) is 0 Å². The van der Waals surface area contributed by atoms with E-state index in [9.17, 15) is 15.3 Å². The van der Waals surface area contributed by atoms with Crippen molar-refractivity contribution in [1.29, 1.82) is 0 Å². The summed E-state index contributed by atoms with van der Waals surface area (Å²) < 4.78 is 0. The Bertz CT molecular complexity index is 1420. The monoisotopic (exact) mass is 486 g/mol. The molecule has 0 aromatic heterocycles. The van der Waals surface area contributed by atoms with E-state index in [1.165, 1.54) is 0 Å². The van der Waals surface area contributed by atoms with Gasteiger partial charge in [-0.3, -0.25) is 0 Å². The Morgan fingerprint density at radius 3 is 1.00 bits per heavy atom. The fourth-order valence-electron chi connectivity index (χ4n) is 5.29. The standard InChI is InChI=1S/C34H30O3/c1-33(2,25-12-18-30(35)19-13-25)24-8-10-27(11-9-24)34(26-6-4-3-5-7-26,28-14-20-31(36)21-15-28)29-16-22-32(37)23-17-29/h3-23,35-37H,1-2H3. The number of rotatable bonds is 6. The summed E-state index contributed by atoms with van der Waals surface area (Å²) in [6.07, 6.45) is 0. The normalized spacial score (nSPS) is 11.8. The van der Waals surface area contributed by atoms with Gasteiger partial charge in [-0.15, -0.1) is 0 Å². The van der Waals surface area contributed by atoms with E-state index < -0.39 is 5.41 Å². The minimum absolute atomic E-state index is 0.211. The maximum absolute atomic E-state index is 10.1. The van der Waals surface area contributed by atoms with Gasteiger partial charge in [0.2, 0.25) is 0 Å². The summed E-state index contributed by atoms with van der Waals surface area (Å²) in [4.78, 5) is 0. The molecule has 0 aliphatic rings. The fraction of sp³-hybridized carbons (Fsp3) is 0.118. The maximum Gasteiger partial charge on any atom is 0.115 e. The van der Waals surface area contributed by atoms with Crippen LogP contribution in [0, 0.1) is 0 Å². The van der Waals surface area contributed by atoms with Crippen molar-refractivity contribution in [3.63, 3.8) is 0 Å². The van der Waals surface area contributed by atoms with Crippen molar-refractivity contribution in [2.45, 2.75) is 24.7 Å². The summed E-state index contributed by atoms with van der Waals surface area (Å²) in [5.41, 5.74) is 5.49. The molecule has 5 aromatic carbocycles. The summed E-state index contributed by atoms with van der Waals surface area (Å²) in [5.74, 6) is 0.676. The van der Waals surface area contributed by atoms with Crippen LogP contribution in [0.5, 0.6) is 17.2 Å². The molecule has 0 unspecified atom stereocenters. The van der Waals surface area contributed by atoms with Gasteiger partial charge in [0.15, 0.2) is 0 Å². The number of benzene rings is 5. The molecule has 0 bridgehead atoms. The molecule has 0 aliphatic heterocycles. The Balaban J connectivity index is 1.73. The van der Waals surface area contributed by atoms with Crippen LogP contribution in [-0.4, -0.2) is 15.3 Å². The average Bonchev–Trinajstić information content (AvgIpc) is 2.92. The zero-order valence-corrected chi connectivity index (χ0v) is 21.0. The number of phenols is 3. The van der Waals surface area contributed by atoms with E-state index in [-0.39, 0.29) is 22.7 Å². The van der Waals surface area contributed by atoms with E-state index in [0.717, 1.165) is 33.4 Å². The first-order valence-corrected chi connectivity index (χ1v) is 12.4. The lowest BCUT2D eigenvalue weighted by Crippen LogP contribution is -2.31. The Labute approximate surface area is 218 Å². The molecular weight excluding hydrogens is 456 g/mol. The number of aromatic hydroxyl groups is 3. The first-order chi connectivity index (χ1) is 17.8. The molecule has 0 aliphatic carbocycles. The molecule has 0 amide bonds. The molecule has 0 fully saturated rings. The summed E-state index contributed by atoms with van der Waals surface area (Å²) in [5, 5.41) is 29.9. The molecule has 0 radical (unpaired) electrons. The van der Waals surface area contributed by atoms with Gasteiger partial charge in [0.05, 0.1) is 5.41 Å². The van der Waals surface area contributed by atoms with E-state index in [0.29, 0.717) is 0 Å². The largest absolute Gasteiger partial charge is 0.508 e. The third-order valence-corrected chi connectivity index (χ3v) is 7.44. The summed E-state index contributed by atoms with van der Waals surface area (Å²) in [6.45, 7) is 4.36. The van der Waals surface area contributed by atoms with Crippen molar-refractivity contribution in [2.24, 2.45) is 0 Å². The van der Waals surface area contributed by atoms with Crippen LogP contribution < -0.4 is 0 Å². The second-order valence-electron chi connectivity index (χ2n) is 9.96. The quantitative estimate of drug-likeness (QED) is 0.218. The Kier molecular flexibility index (Phi) is 6.22. The van der Waals surface area contributed by atoms with E-state index in [1.54, 1.807) is 36.4 Å². The van der Waals surface area contributed by atoms with Gasteiger partial charge in [-0.25, -0.2) is 0 Å². The molecule has 184 valence electrons. The van der Waals surface area contributed by atoms with Gasteiger partial charge in [-0.05, 0) is 69.8 Å². The Hall–Kier alpha value is -4.50. The summed E-state index contributed by atoms with van der Waals surface area (Å²) in [7, 11) is 0. The Morgan fingerprint density at radius 2 is 0.622 bits per heavy atom. The number of hydrogen-bond acceptors (Lipinski definition) is 3. The van der Waals surface area contributed by atoms with Crippen LogP contribution in [0.1, 0.15) is 47.2 Å². The van der Waals surface area contributed by atoms with Crippen LogP contribution in [0.2, 0.25) is 0 Å². The molecule has 3 nitrogen and oxygen atoms in total. The summed E-state index contributed by atoms with van der Waals surface area (Å²) in [6, 6.07) is 41.1. The molecule has 5 aromatic rings. The maximum atomic E-state index is 10.1. The average molecular weight is 487 g/mol. The van der Waals surface area contributed by atoms with E-state index in [1.807, 2.05) is 54.6 Å². The second kappa shape index (κ2) is 9.51. The van der Waals surface area contributed by atoms with E-state index in [4.69, 9.17) is 0 Å². The third-order valence-electron chi connectivity index (χ3n) is 7.44. The van der Waals surface area contributed by atoms with Crippen LogP contribution in [-0.2, 0) is 10.8 Å². The third kappa shape index (κ3) is 4.34. The fourth-order valence-corrected chi connectivity index (χ4v) is 5.29. The predicted octanol–water partition coefficient (Wildman–Crippen LogP) is 7.51. The second-order valence-corrected chi connectivity index (χ2v) is 9.96. The summed E-state index contributed by atoms with van der Waals surface area (Å²) >= 11 is 0. The predicted molar refractivity (Wildman–Crippen MR) is 148 cm³/mol. The zero-order valence-electron chi connectivity index (χ0n) is 21.0. The molecule has 0 spiro atoms. The molecule has 0 saturated carbocycles. The van der Waals surface area contributed by atoms with Gasteiger partial charge in [0.1, 0.15) is 17.2 Å². The number of phenolic OH excluding ortho intramolecular Hbond substituents is 3. The van der Waals surface area contributed by atoms with Gasteiger partial charge in [-0.2, -0.15) is 0 Å². The van der Waals surface area contributed by atoms with Gasteiger partial charge in [0.25, 0.3) is 0 Å². The highest BCUT2D eigenvalue weighted by molar-refractivity contribution is 5.61. The minimum atomic E-state index is -0.677. The first-order valence-electron chi connectivity index (χ1n) is 12.4. The van der Waals surface area contributed by atoms with Crippen LogP contribution in [0.3, 0.4) is 0 Å². The van der Waals surface area contributed by atoms with Crippen molar-refractivity contribution in [1.82, 2.24) is 0 Å². The van der Waals surface area contributed by atoms with Crippen molar-refractivity contribution < 1.29 is 15.3 Å². The van der Waals surface area contributed by atoms with Crippen molar-refractivity contribution in [2.75, 3.05) is 0 Å². The minimum Gasteiger partial charge on any atom is -0.508 e. The van der Waals surface area contributed by atoms with Crippen LogP contribution in [0.15, 0.2) is 127 Å². The van der Waals surface area contributed by atoms with Gasteiger partial charge >= 0.3 is 0 Å². The van der Waals surface area contributed by atoms with E-state index in [2.05, 4.69) is 50.2 Å². The van der Waals surface area contributed by atoms with Gasteiger partial charge in [-0.1, -0.05) is 105 Å². The highest BCUT2D eigenvalue weighted by atomic mass is 16.3. The molecule has 37 heavy (non-hydrogen) atoms. The lowest BCUT2D eigenvalue weighted by Gasteiger charge is -2.37. The molecule has 3 N–H and O–H groups in total. The number of hydrogen-bond donors (Lipinski definition) is 3. The smallest absolute Gasteiger partial charge is 0.115 e. The van der Waals surface area contributed by atoms with E-state index >= 15 is 0 Å². The lowest BCUT2D eigenvalue weighted by atomic mass is 9.64. The first kappa shape index (κ1) is 24.2. The molecule has 0 atom stereocenters. The highest BCUT2D eigenvalue weighted by Gasteiger charge is 2.38. The van der Waals surface area contributed by atoms with Gasteiger partial charge in [0, 0.05) is 5.41 Å². The molecule has 3 heteroatoms. The lowest BCUT2D eigenvalue weighted by molar-refractivity contribution is 0.473. The SMILES string of the molecule is CC(C)(c1ccc(O)cc1)c1ccc(C(c2ccccc2)(c2ccc(O)cc2)c2ccc(O)cc2)cc1. The van der Waals surface area contributed by atoms with Crippen molar-refractivity contribution in [3.8, 4) is 17.2 Å². The zero-order chi connectivity index (χ0) is 26.0. The highest BCUT2D eigenvalue weighted by Crippen LogP contribution is 2.46.